The first-order chi connectivity index (χ1) is 10.3. The summed E-state index contributed by atoms with van der Waals surface area (Å²) in [5, 5.41) is 0. The molecule has 0 aromatic heterocycles. The molecule has 0 radical (unpaired) electrons. The van der Waals surface area contributed by atoms with Crippen LogP contribution in [0.5, 0.6) is 0 Å². The van der Waals surface area contributed by atoms with Crippen molar-refractivity contribution < 1.29 is 4.79 Å². The largest absolute Gasteiger partial charge is 0.293 e. The fourth-order valence-corrected chi connectivity index (χ4v) is 3.09. The highest BCUT2D eigenvalue weighted by atomic mass is 32.2. The molecule has 0 unspecified atom stereocenters. The molecule has 110 valence electrons. The number of ketones is 1. The Balaban J connectivity index is 1.88. The fraction of sp³-hybridized carbons (Fsp3) is 0.316. The molecule has 21 heavy (non-hydrogen) atoms. The quantitative estimate of drug-likeness (QED) is 0.475. The van der Waals surface area contributed by atoms with Crippen molar-refractivity contribution in [1.29, 1.82) is 0 Å². The Morgan fingerprint density at radius 3 is 2.24 bits per heavy atom. The number of benzene rings is 2. The molecule has 0 aliphatic rings. The summed E-state index contributed by atoms with van der Waals surface area (Å²) < 4.78 is 0. The molecule has 0 aliphatic carbocycles. The third kappa shape index (κ3) is 5.05. The van der Waals surface area contributed by atoms with E-state index in [1.165, 1.54) is 24.8 Å². The lowest BCUT2D eigenvalue weighted by atomic mass is 10.0. The Morgan fingerprint density at radius 2 is 1.57 bits per heavy atom. The lowest BCUT2D eigenvalue weighted by molar-refractivity contribution is 0.102. The second kappa shape index (κ2) is 8.68. The topological polar surface area (TPSA) is 17.1 Å². The number of unbranched alkanes of at least 4 members (excludes halogenated alkanes) is 2. The van der Waals surface area contributed by atoms with E-state index in [0.29, 0.717) is 5.75 Å². The second-order valence-corrected chi connectivity index (χ2v) is 6.23. The Labute approximate surface area is 131 Å². The van der Waals surface area contributed by atoms with Crippen LogP contribution in [0.3, 0.4) is 0 Å². The van der Waals surface area contributed by atoms with E-state index in [0.717, 1.165) is 16.9 Å². The minimum Gasteiger partial charge on any atom is -0.293 e. The van der Waals surface area contributed by atoms with Gasteiger partial charge in [0.15, 0.2) is 5.78 Å². The predicted octanol–water partition coefficient (Wildman–Crippen LogP) is 5.46. The molecule has 0 amide bonds. The van der Waals surface area contributed by atoms with E-state index in [2.05, 4.69) is 19.1 Å². The van der Waals surface area contributed by atoms with Crippen LogP contribution in [0.2, 0.25) is 0 Å². The van der Waals surface area contributed by atoms with Crippen molar-refractivity contribution in [3.8, 4) is 11.1 Å². The van der Waals surface area contributed by atoms with E-state index < -0.39 is 0 Å². The average Bonchev–Trinajstić information content (AvgIpc) is 2.55. The average molecular weight is 298 g/mol. The van der Waals surface area contributed by atoms with Crippen molar-refractivity contribution in [3.63, 3.8) is 0 Å². The summed E-state index contributed by atoms with van der Waals surface area (Å²) in [6.07, 6.45) is 3.70. The van der Waals surface area contributed by atoms with Gasteiger partial charge in [-0.15, -0.1) is 0 Å². The van der Waals surface area contributed by atoms with Crippen molar-refractivity contribution in [3.05, 3.63) is 60.2 Å². The van der Waals surface area contributed by atoms with Gasteiger partial charge in [0, 0.05) is 5.56 Å². The van der Waals surface area contributed by atoms with Crippen LogP contribution in [0.1, 0.15) is 36.5 Å². The third-order valence-corrected chi connectivity index (χ3v) is 4.48. The van der Waals surface area contributed by atoms with Crippen LogP contribution in [0, 0.1) is 0 Å². The molecular weight excluding hydrogens is 276 g/mol. The van der Waals surface area contributed by atoms with E-state index in [1.807, 2.05) is 42.5 Å². The maximum Gasteiger partial charge on any atom is 0.172 e. The van der Waals surface area contributed by atoms with Gasteiger partial charge in [0.2, 0.25) is 0 Å². The molecule has 0 aliphatic heterocycles. The number of hydrogen-bond donors (Lipinski definition) is 0. The first kappa shape index (κ1) is 15.8. The number of carbonyl (C=O) groups is 1. The van der Waals surface area contributed by atoms with Crippen LogP contribution in [0.15, 0.2) is 54.6 Å². The molecule has 2 aromatic rings. The van der Waals surface area contributed by atoms with Crippen LogP contribution < -0.4 is 0 Å². The van der Waals surface area contributed by atoms with Crippen LogP contribution in [-0.4, -0.2) is 17.3 Å². The highest BCUT2D eigenvalue weighted by Crippen LogP contribution is 2.20. The zero-order valence-corrected chi connectivity index (χ0v) is 13.4. The number of rotatable bonds is 8. The zero-order valence-electron chi connectivity index (χ0n) is 12.5. The van der Waals surface area contributed by atoms with Crippen molar-refractivity contribution in [2.75, 3.05) is 11.5 Å². The summed E-state index contributed by atoms with van der Waals surface area (Å²) in [7, 11) is 0. The Hall–Kier alpha value is -1.54. The molecular formula is C19H22OS. The number of Topliss-reactive ketones (excluding diaryl/α,β-unsaturated/α-hetero) is 1. The van der Waals surface area contributed by atoms with Gasteiger partial charge in [-0.2, -0.15) is 11.8 Å². The standard InChI is InChI=1S/C19H22OS/c1-2-3-7-14-21-15-19(20)18-12-10-17(11-13-18)16-8-5-4-6-9-16/h4-6,8-13H,2-3,7,14-15H2,1H3. The summed E-state index contributed by atoms with van der Waals surface area (Å²) in [6.45, 7) is 2.20. The first-order valence-corrected chi connectivity index (χ1v) is 8.73. The third-order valence-electron chi connectivity index (χ3n) is 3.44. The van der Waals surface area contributed by atoms with Gasteiger partial charge >= 0.3 is 0 Å². The molecule has 0 atom stereocenters. The van der Waals surface area contributed by atoms with Gasteiger partial charge in [-0.25, -0.2) is 0 Å². The van der Waals surface area contributed by atoms with E-state index >= 15 is 0 Å². The van der Waals surface area contributed by atoms with Gasteiger partial charge in [-0.1, -0.05) is 74.4 Å². The molecule has 0 saturated carbocycles. The SMILES string of the molecule is CCCCCSCC(=O)c1ccc(-c2ccccc2)cc1. The molecule has 2 aromatic carbocycles. The first-order valence-electron chi connectivity index (χ1n) is 7.57. The van der Waals surface area contributed by atoms with Gasteiger partial charge in [-0.05, 0) is 23.3 Å². The molecule has 2 heteroatoms. The lowest BCUT2D eigenvalue weighted by Gasteiger charge is -2.04. The van der Waals surface area contributed by atoms with E-state index in [-0.39, 0.29) is 5.78 Å². The summed E-state index contributed by atoms with van der Waals surface area (Å²) >= 11 is 1.75. The van der Waals surface area contributed by atoms with Gasteiger partial charge in [0.05, 0.1) is 5.75 Å². The smallest absolute Gasteiger partial charge is 0.172 e. The van der Waals surface area contributed by atoms with Crippen LogP contribution in [-0.2, 0) is 0 Å². The highest BCUT2D eigenvalue weighted by molar-refractivity contribution is 7.99. The molecule has 0 N–H and O–H groups in total. The number of thioether (sulfide) groups is 1. The maximum absolute atomic E-state index is 12.1. The Morgan fingerprint density at radius 1 is 0.905 bits per heavy atom. The Bertz CT molecular complexity index is 546. The normalized spacial score (nSPS) is 10.5. The maximum atomic E-state index is 12.1. The second-order valence-electron chi connectivity index (χ2n) is 5.13. The van der Waals surface area contributed by atoms with E-state index in [9.17, 15) is 4.79 Å². The van der Waals surface area contributed by atoms with Crippen LogP contribution in [0.4, 0.5) is 0 Å². The summed E-state index contributed by atoms with van der Waals surface area (Å²) in [4.78, 5) is 12.1. The van der Waals surface area contributed by atoms with Gasteiger partial charge in [0.1, 0.15) is 0 Å². The van der Waals surface area contributed by atoms with E-state index in [1.54, 1.807) is 11.8 Å². The van der Waals surface area contributed by atoms with Crippen molar-refractivity contribution in [2.24, 2.45) is 0 Å². The number of hydrogen-bond acceptors (Lipinski definition) is 2. The molecule has 0 saturated heterocycles. The lowest BCUT2D eigenvalue weighted by Crippen LogP contribution is -2.02. The zero-order chi connectivity index (χ0) is 14.9. The van der Waals surface area contributed by atoms with Crippen molar-refractivity contribution in [1.82, 2.24) is 0 Å². The van der Waals surface area contributed by atoms with Gasteiger partial charge in [0.25, 0.3) is 0 Å². The fourth-order valence-electron chi connectivity index (χ4n) is 2.18. The molecule has 0 heterocycles. The predicted molar refractivity (Wildman–Crippen MR) is 93.1 cm³/mol. The summed E-state index contributed by atoms with van der Waals surface area (Å²) in [5.41, 5.74) is 3.16. The minimum absolute atomic E-state index is 0.233. The summed E-state index contributed by atoms with van der Waals surface area (Å²) in [5.74, 6) is 1.91. The van der Waals surface area contributed by atoms with E-state index in [4.69, 9.17) is 0 Å². The molecule has 1 nitrogen and oxygen atoms in total. The molecule has 0 bridgehead atoms. The Kier molecular flexibility index (Phi) is 6.55. The van der Waals surface area contributed by atoms with Gasteiger partial charge in [-0.3, -0.25) is 4.79 Å². The van der Waals surface area contributed by atoms with Gasteiger partial charge < -0.3 is 0 Å². The monoisotopic (exact) mass is 298 g/mol. The molecule has 0 fully saturated rings. The molecule has 2 rings (SSSR count). The minimum atomic E-state index is 0.233. The van der Waals surface area contributed by atoms with Crippen LogP contribution in [0.25, 0.3) is 11.1 Å². The number of carbonyl (C=O) groups excluding carboxylic acids is 1. The summed E-state index contributed by atoms with van der Waals surface area (Å²) in [6, 6.07) is 18.2. The van der Waals surface area contributed by atoms with Crippen molar-refractivity contribution in [2.45, 2.75) is 26.2 Å². The van der Waals surface area contributed by atoms with Crippen molar-refractivity contribution >= 4 is 17.5 Å². The van der Waals surface area contributed by atoms with Crippen LogP contribution >= 0.6 is 11.8 Å². The molecule has 0 spiro atoms. The highest BCUT2D eigenvalue weighted by Gasteiger charge is 2.06.